The number of carbonyl (C=O) groups excluding carboxylic acids is 3. The maximum Gasteiger partial charge on any atom is 0.255 e. The molecule has 0 radical (unpaired) electrons. The Hall–Kier alpha value is -5.14. The number of nitrogens with zero attached hydrogens (tertiary/aromatic N) is 2. The van der Waals surface area contributed by atoms with Gasteiger partial charge in [0.05, 0.1) is 44.4 Å². The molecule has 1 aromatic heterocycles. The zero-order valence-electron chi connectivity index (χ0n) is 24.3. The van der Waals surface area contributed by atoms with Gasteiger partial charge < -0.3 is 35.1 Å². The number of methoxy groups -OCH3 is 1. The van der Waals surface area contributed by atoms with E-state index in [0.717, 1.165) is 5.56 Å². The second kappa shape index (κ2) is 14.6. The normalized spacial score (nSPS) is 12.7. The summed E-state index contributed by atoms with van der Waals surface area (Å²) < 4.78 is 31.7. The van der Waals surface area contributed by atoms with Crippen LogP contribution in [0.25, 0.3) is 10.9 Å². The van der Waals surface area contributed by atoms with E-state index in [1.807, 2.05) is 30.3 Å². The van der Waals surface area contributed by atoms with Crippen molar-refractivity contribution in [1.29, 1.82) is 0 Å². The molecule has 0 spiro atoms. The summed E-state index contributed by atoms with van der Waals surface area (Å²) in [5.74, 6) is -1.36. The summed E-state index contributed by atoms with van der Waals surface area (Å²) in [6.45, 7) is 1.64. The predicted octanol–water partition coefficient (Wildman–Crippen LogP) is 3.82. The molecule has 0 bridgehead atoms. The molecule has 45 heavy (non-hydrogen) atoms. The molecule has 0 saturated carbocycles. The highest BCUT2D eigenvalue weighted by Gasteiger charge is 2.21. The molecule has 232 valence electrons. The van der Waals surface area contributed by atoms with Gasteiger partial charge in [0.15, 0.2) is 16.7 Å². The van der Waals surface area contributed by atoms with E-state index in [4.69, 9.17) is 26.4 Å². The number of aromatic nitrogens is 1. The fourth-order valence-electron chi connectivity index (χ4n) is 4.65. The fourth-order valence-corrected chi connectivity index (χ4v) is 4.89. The summed E-state index contributed by atoms with van der Waals surface area (Å²) in [4.78, 5) is 43.9. The van der Waals surface area contributed by atoms with Crippen LogP contribution in [-0.2, 0) is 20.7 Å². The minimum Gasteiger partial charge on any atom is -0.496 e. The van der Waals surface area contributed by atoms with Gasteiger partial charge in [-0.1, -0.05) is 30.3 Å². The zero-order valence-corrected chi connectivity index (χ0v) is 25.1. The molecule has 4 aromatic rings. The third kappa shape index (κ3) is 8.08. The van der Waals surface area contributed by atoms with E-state index in [2.05, 4.69) is 20.9 Å². The number of rotatable bonds is 9. The van der Waals surface area contributed by atoms with Gasteiger partial charge in [-0.3, -0.25) is 19.4 Å². The van der Waals surface area contributed by atoms with Gasteiger partial charge in [0.25, 0.3) is 5.91 Å². The van der Waals surface area contributed by atoms with E-state index in [-0.39, 0.29) is 52.7 Å². The molecule has 0 aliphatic carbocycles. The van der Waals surface area contributed by atoms with Crippen molar-refractivity contribution in [2.75, 3.05) is 45.3 Å². The molecular weight excluding hydrogens is 601 g/mol. The number of amides is 3. The van der Waals surface area contributed by atoms with Crippen LogP contribution in [0.2, 0.25) is 0 Å². The maximum absolute atomic E-state index is 15.2. The van der Waals surface area contributed by atoms with E-state index >= 15 is 4.39 Å². The van der Waals surface area contributed by atoms with Crippen molar-refractivity contribution in [3.63, 3.8) is 0 Å². The Morgan fingerprint density at radius 1 is 1.00 bits per heavy atom. The summed E-state index contributed by atoms with van der Waals surface area (Å²) in [6.07, 6.45) is 1.63. The lowest BCUT2D eigenvalue weighted by atomic mass is 10.1. The fraction of sp³-hybridized carbons (Fsp3) is 0.219. The zero-order chi connectivity index (χ0) is 31.8. The van der Waals surface area contributed by atoms with Crippen LogP contribution in [-0.4, -0.2) is 72.7 Å². The number of thiocarbonyl (C=S) groups is 1. The predicted molar refractivity (Wildman–Crippen MR) is 169 cm³/mol. The van der Waals surface area contributed by atoms with Crippen LogP contribution in [0, 0.1) is 5.82 Å². The average Bonchev–Trinajstić information content (AvgIpc) is 3.05. The Labute approximate surface area is 263 Å². The summed E-state index contributed by atoms with van der Waals surface area (Å²) in [7, 11) is 1.42. The van der Waals surface area contributed by atoms with Gasteiger partial charge in [0.2, 0.25) is 11.8 Å². The molecule has 1 fully saturated rings. The third-order valence-electron chi connectivity index (χ3n) is 6.90. The van der Waals surface area contributed by atoms with Gasteiger partial charge in [-0.2, -0.15) is 0 Å². The molecule has 1 aliphatic heterocycles. The van der Waals surface area contributed by atoms with Crippen LogP contribution in [0.1, 0.15) is 15.9 Å². The summed E-state index contributed by atoms with van der Waals surface area (Å²) in [6, 6.07) is 18.0. The Morgan fingerprint density at radius 2 is 1.78 bits per heavy atom. The Kier molecular flexibility index (Phi) is 10.1. The molecule has 3 amide bonds. The van der Waals surface area contributed by atoms with Crippen LogP contribution < -0.4 is 25.4 Å². The second-order valence-corrected chi connectivity index (χ2v) is 10.4. The number of anilines is 1. The van der Waals surface area contributed by atoms with Gasteiger partial charge in [-0.05, 0) is 42.0 Å². The minimum absolute atomic E-state index is 0.0236. The molecule has 1 saturated heterocycles. The first-order chi connectivity index (χ1) is 21.8. The number of hydrogen-bond acceptors (Lipinski definition) is 8. The van der Waals surface area contributed by atoms with E-state index in [9.17, 15) is 14.4 Å². The number of morpholine rings is 1. The molecular formula is C32H30FN5O6S. The SMILES string of the molecule is COc1cc2nccc(Oc3ccc(NC(=S)NC(=O)Cc4ccccc4)cc3F)c2cc1C(=O)NCC(=O)N1CCOCC1. The minimum atomic E-state index is -0.698. The van der Waals surface area contributed by atoms with Gasteiger partial charge in [0.1, 0.15) is 11.5 Å². The number of pyridine rings is 1. The number of benzene rings is 3. The van der Waals surface area contributed by atoms with Crippen LogP contribution in [0.15, 0.2) is 72.9 Å². The third-order valence-corrected chi connectivity index (χ3v) is 7.11. The highest BCUT2D eigenvalue weighted by Crippen LogP contribution is 2.34. The summed E-state index contributed by atoms with van der Waals surface area (Å²) in [5, 5.41) is 8.46. The van der Waals surface area contributed by atoms with Crippen molar-refractivity contribution in [3.8, 4) is 17.2 Å². The van der Waals surface area contributed by atoms with Crippen molar-refractivity contribution in [3.05, 3.63) is 89.9 Å². The summed E-state index contributed by atoms with van der Waals surface area (Å²) in [5.41, 5.74) is 1.74. The van der Waals surface area contributed by atoms with E-state index in [1.54, 1.807) is 23.1 Å². The average molecular weight is 632 g/mol. The molecule has 5 rings (SSSR count). The van der Waals surface area contributed by atoms with E-state index < -0.39 is 11.7 Å². The van der Waals surface area contributed by atoms with Crippen LogP contribution in [0.5, 0.6) is 17.2 Å². The summed E-state index contributed by atoms with van der Waals surface area (Å²) >= 11 is 5.21. The second-order valence-electron chi connectivity index (χ2n) is 9.97. The van der Waals surface area contributed by atoms with Crippen LogP contribution >= 0.6 is 12.2 Å². The van der Waals surface area contributed by atoms with Gasteiger partial charge in [0, 0.05) is 42.5 Å². The molecule has 0 unspecified atom stereocenters. The highest BCUT2D eigenvalue weighted by atomic mass is 32.1. The largest absolute Gasteiger partial charge is 0.496 e. The maximum atomic E-state index is 15.2. The van der Waals surface area contributed by atoms with Crippen molar-refractivity contribution >= 4 is 51.6 Å². The molecule has 3 aromatic carbocycles. The molecule has 11 nitrogen and oxygen atoms in total. The Morgan fingerprint density at radius 3 is 2.51 bits per heavy atom. The quantitative estimate of drug-likeness (QED) is 0.236. The van der Waals surface area contributed by atoms with Crippen molar-refractivity contribution in [2.24, 2.45) is 0 Å². The van der Waals surface area contributed by atoms with Crippen molar-refractivity contribution in [2.45, 2.75) is 6.42 Å². The van der Waals surface area contributed by atoms with Crippen molar-refractivity contribution in [1.82, 2.24) is 20.5 Å². The van der Waals surface area contributed by atoms with Crippen LogP contribution in [0.4, 0.5) is 10.1 Å². The first kappa shape index (κ1) is 31.3. The lowest BCUT2D eigenvalue weighted by Gasteiger charge is -2.26. The van der Waals surface area contributed by atoms with Crippen molar-refractivity contribution < 1.29 is 33.0 Å². The molecule has 0 atom stereocenters. The van der Waals surface area contributed by atoms with Crippen LogP contribution in [0.3, 0.4) is 0 Å². The van der Waals surface area contributed by atoms with Gasteiger partial charge >= 0.3 is 0 Å². The number of carbonyl (C=O) groups is 3. The molecule has 13 heteroatoms. The Bertz CT molecular complexity index is 1730. The lowest BCUT2D eigenvalue weighted by Crippen LogP contribution is -2.45. The molecule has 3 N–H and O–H groups in total. The first-order valence-corrected chi connectivity index (χ1v) is 14.4. The number of halogens is 1. The number of fused-ring (bicyclic) bond motifs is 1. The Balaban J connectivity index is 1.27. The first-order valence-electron chi connectivity index (χ1n) is 14.0. The van der Waals surface area contributed by atoms with Gasteiger partial charge in [-0.25, -0.2) is 4.39 Å². The number of hydrogen-bond donors (Lipinski definition) is 3. The molecule has 1 aliphatic rings. The number of nitrogens with one attached hydrogen (secondary N) is 3. The number of ether oxygens (including phenoxy) is 3. The lowest BCUT2D eigenvalue weighted by molar-refractivity contribution is -0.134. The monoisotopic (exact) mass is 631 g/mol. The van der Waals surface area contributed by atoms with E-state index in [0.29, 0.717) is 42.9 Å². The highest BCUT2D eigenvalue weighted by molar-refractivity contribution is 7.80. The van der Waals surface area contributed by atoms with Gasteiger partial charge in [-0.15, -0.1) is 0 Å². The standard InChI is InChI=1S/C32H30FN5O6S/c1-42-28-18-25-22(17-23(28)31(41)35-19-30(40)38-11-13-43-14-12-38)26(9-10-34-25)44-27-8-7-21(16-24(27)33)36-32(45)37-29(39)15-20-5-3-2-4-6-20/h2-10,16-18H,11-15,19H2,1H3,(H,35,41)(H2,36,37,39,45). The molecule has 2 heterocycles. The van der Waals surface area contributed by atoms with E-state index in [1.165, 1.54) is 31.5 Å². The topological polar surface area (TPSA) is 131 Å². The smallest absolute Gasteiger partial charge is 0.255 e.